The molecule has 6 heteroatoms. The molecule has 0 aliphatic carbocycles. The number of rotatable bonds is 4. The Labute approximate surface area is 177 Å². The van der Waals surface area contributed by atoms with Crippen LogP contribution in [0.3, 0.4) is 0 Å². The van der Waals surface area contributed by atoms with E-state index in [4.69, 9.17) is 14.5 Å². The molecular weight excluding hydrogens is 376 g/mol. The zero-order valence-electron chi connectivity index (χ0n) is 17.9. The first kappa shape index (κ1) is 19.0. The van der Waals surface area contributed by atoms with Gasteiger partial charge in [-0.3, -0.25) is 4.98 Å². The van der Waals surface area contributed by atoms with E-state index in [1.165, 1.54) is 30.5 Å². The number of hydrogen-bond donors (Lipinski definition) is 0. The Morgan fingerprint density at radius 3 is 2.43 bits per heavy atom. The molecule has 5 rings (SSSR count). The number of ether oxygens (including phenoxy) is 2. The van der Waals surface area contributed by atoms with Crippen molar-refractivity contribution < 1.29 is 9.47 Å². The van der Waals surface area contributed by atoms with Crippen molar-refractivity contribution in [3.63, 3.8) is 0 Å². The van der Waals surface area contributed by atoms with Crippen molar-refractivity contribution in [1.82, 2.24) is 14.5 Å². The zero-order valence-corrected chi connectivity index (χ0v) is 17.9. The summed E-state index contributed by atoms with van der Waals surface area (Å²) in [4.78, 5) is 12.0. The molecule has 0 N–H and O–H groups in total. The standard InChI is InChI=1S/C24H28N4O2/c1-16-26-23(18-11-19(15-25-14-18)27-8-5-4-6-9-27)24-20-13-22(30-3)21(29-2)12-17(20)7-10-28(16)24/h11-15H,4-10H2,1-3H3. The second-order valence-electron chi connectivity index (χ2n) is 8.10. The number of methoxy groups -OCH3 is 2. The van der Waals surface area contributed by atoms with Gasteiger partial charge in [-0.15, -0.1) is 0 Å². The third kappa shape index (κ3) is 3.11. The molecule has 2 aliphatic heterocycles. The predicted molar refractivity (Wildman–Crippen MR) is 119 cm³/mol. The minimum atomic E-state index is 0.745. The molecule has 30 heavy (non-hydrogen) atoms. The second kappa shape index (κ2) is 7.67. The molecule has 3 aromatic rings. The average Bonchev–Trinajstić information content (AvgIpc) is 3.15. The van der Waals surface area contributed by atoms with E-state index in [0.29, 0.717) is 0 Å². The molecular formula is C24H28N4O2. The lowest BCUT2D eigenvalue weighted by Gasteiger charge is -2.28. The van der Waals surface area contributed by atoms with E-state index in [-0.39, 0.29) is 0 Å². The van der Waals surface area contributed by atoms with Crippen LogP contribution in [0, 0.1) is 6.92 Å². The van der Waals surface area contributed by atoms with Crippen LogP contribution in [0.1, 0.15) is 30.7 Å². The molecule has 1 saturated heterocycles. The van der Waals surface area contributed by atoms with Crippen LogP contribution >= 0.6 is 0 Å². The lowest BCUT2D eigenvalue weighted by molar-refractivity contribution is 0.354. The van der Waals surface area contributed by atoms with Crippen molar-refractivity contribution in [2.45, 2.75) is 39.2 Å². The molecule has 2 aliphatic rings. The van der Waals surface area contributed by atoms with Crippen LogP contribution in [0.5, 0.6) is 11.5 Å². The average molecular weight is 405 g/mol. The van der Waals surface area contributed by atoms with E-state index < -0.39 is 0 Å². The summed E-state index contributed by atoms with van der Waals surface area (Å²) in [5.41, 5.74) is 6.83. The van der Waals surface area contributed by atoms with Gasteiger partial charge < -0.3 is 18.9 Å². The first-order valence-electron chi connectivity index (χ1n) is 10.7. The van der Waals surface area contributed by atoms with Gasteiger partial charge in [-0.2, -0.15) is 0 Å². The Kier molecular flexibility index (Phi) is 4.85. The monoisotopic (exact) mass is 404 g/mol. The van der Waals surface area contributed by atoms with Gasteiger partial charge in [-0.1, -0.05) is 0 Å². The first-order chi connectivity index (χ1) is 14.7. The minimum absolute atomic E-state index is 0.745. The Balaban J connectivity index is 1.63. The van der Waals surface area contributed by atoms with E-state index in [1.807, 2.05) is 12.4 Å². The normalized spacial score (nSPS) is 15.5. The van der Waals surface area contributed by atoms with Crippen LogP contribution in [0.15, 0.2) is 30.6 Å². The number of pyridine rings is 1. The molecule has 0 bridgehead atoms. The molecule has 156 valence electrons. The quantitative estimate of drug-likeness (QED) is 0.642. The number of hydrogen-bond acceptors (Lipinski definition) is 5. The third-order valence-corrected chi connectivity index (χ3v) is 6.35. The van der Waals surface area contributed by atoms with Gasteiger partial charge in [0.25, 0.3) is 0 Å². The minimum Gasteiger partial charge on any atom is -0.493 e. The summed E-state index contributed by atoms with van der Waals surface area (Å²) in [6.45, 7) is 5.20. The van der Waals surface area contributed by atoms with Gasteiger partial charge in [0.05, 0.1) is 37.5 Å². The summed E-state index contributed by atoms with van der Waals surface area (Å²) in [5.74, 6) is 2.55. The molecule has 0 radical (unpaired) electrons. The molecule has 6 nitrogen and oxygen atoms in total. The van der Waals surface area contributed by atoms with Crippen LogP contribution in [0.4, 0.5) is 5.69 Å². The van der Waals surface area contributed by atoms with Gasteiger partial charge in [0.1, 0.15) is 5.82 Å². The van der Waals surface area contributed by atoms with Crippen molar-refractivity contribution in [2.24, 2.45) is 0 Å². The highest BCUT2D eigenvalue weighted by Crippen LogP contribution is 2.43. The van der Waals surface area contributed by atoms with Gasteiger partial charge in [0.2, 0.25) is 0 Å². The second-order valence-corrected chi connectivity index (χ2v) is 8.10. The van der Waals surface area contributed by atoms with E-state index in [2.05, 4.69) is 39.6 Å². The highest BCUT2D eigenvalue weighted by atomic mass is 16.5. The molecule has 0 atom stereocenters. The van der Waals surface area contributed by atoms with Crippen LogP contribution in [-0.2, 0) is 13.0 Å². The Bertz CT molecular complexity index is 1080. The number of imidazole rings is 1. The fraction of sp³-hybridized carbons (Fsp3) is 0.417. The van der Waals surface area contributed by atoms with E-state index in [0.717, 1.165) is 65.9 Å². The van der Waals surface area contributed by atoms with Crippen molar-refractivity contribution in [3.8, 4) is 34.0 Å². The lowest BCUT2D eigenvalue weighted by atomic mass is 9.94. The number of anilines is 1. The molecule has 2 aromatic heterocycles. The maximum absolute atomic E-state index is 5.59. The van der Waals surface area contributed by atoms with Crippen molar-refractivity contribution in [3.05, 3.63) is 42.0 Å². The Morgan fingerprint density at radius 1 is 0.900 bits per heavy atom. The fourth-order valence-electron chi connectivity index (χ4n) is 4.78. The summed E-state index contributed by atoms with van der Waals surface area (Å²) in [5, 5.41) is 0. The van der Waals surface area contributed by atoms with Gasteiger partial charge in [0.15, 0.2) is 11.5 Å². The van der Waals surface area contributed by atoms with Crippen LogP contribution < -0.4 is 14.4 Å². The summed E-state index contributed by atoms with van der Waals surface area (Å²) in [6, 6.07) is 6.44. The van der Waals surface area contributed by atoms with Gasteiger partial charge in [-0.25, -0.2) is 4.98 Å². The van der Waals surface area contributed by atoms with Crippen molar-refractivity contribution >= 4 is 5.69 Å². The maximum Gasteiger partial charge on any atom is 0.161 e. The molecule has 1 fully saturated rings. The van der Waals surface area contributed by atoms with Crippen LogP contribution in [0.2, 0.25) is 0 Å². The molecule has 0 spiro atoms. The number of aryl methyl sites for hydroxylation is 2. The molecule has 0 saturated carbocycles. The number of fused-ring (bicyclic) bond motifs is 3. The molecule has 4 heterocycles. The summed E-state index contributed by atoms with van der Waals surface area (Å²) in [6.07, 6.45) is 8.68. The lowest BCUT2D eigenvalue weighted by Crippen LogP contribution is -2.29. The van der Waals surface area contributed by atoms with E-state index in [1.54, 1.807) is 14.2 Å². The largest absolute Gasteiger partial charge is 0.493 e. The molecule has 0 amide bonds. The van der Waals surface area contributed by atoms with E-state index in [9.17, 15) is 0 Å². The van der Waals surface area contributed by atoms with Crippen molar-refractivity contribution in [2.75, 3.05) is 32.2 Å². The third-order valence-electron chi connectivity index (χ3n) is 6.35. The Hall–Kier alpha value is -3.02. The maximum atomic E-state index is 5.59. The SMILES string of the molecule is COc1cc2c(cc1OC)-c1c(-c3cncc(N4CCCCC4)c3)nc(C)n1CC2. The highest BCUT2D eigenvalue weighted by Gasteiger charge is 2.26. The van der Waals surface area contributed by atoms with Gasteiger partial charge in [0, 0.05) is 37.0 Å². The number of aromatic nitrogens is 3. The summed E-state index contributed by atoms with van der Waals surface area (Å²) in [7, 11) is 3.37. The molecule has 0 unspecified atom stereocenters. The van der Waals surface area contributed by atoms with Gasteiger partial charge in [-0.05, 0) is 56.4 Å². The first-order valence-corrected chi connectivity index (χ1v) is 10.7. The van der Waals surface area contributed by atoms with E-state index >= 15 is 0 Å². The van der Waals surface area contributed by atoms with Gasteiger partial charge >= 0.3 is 0 Å². The highest BCUT2D eigenvalue weighted by molar-refractivity contribution is 5.83. The Morgan fingerprint density at radius 2 is 1.67 bits per heavy atom. The topological polar surface area (TPSA) is 52.4 Å². The molecule has 1 aromatic carbocycles. The smallest absolute Gasteiger partial charge is 0.161 e. The summed E-state index contributed by atoms with van der Waals surface area (Å²) < 4.78 is 13.4. The number of piperidine rings is 1. The number of nitrogens with zero attached hydrogens (tertiary/aromatic N) is 4. The predicted octanol–water partition coefficient (Wildman–Crippen LogP) is 4.48. The van der Waals surface area contributed by atoms with Crippen LogP contribution in [-0.4, -0.2) is 41.8 Å². The summed E-state index contributed by atoms with van der Waals surface area (Å²) >= 11 is 0. The fourth-order valence-corrected chi connectivity index (χ4v) is 4.78. The van der Waals surface area contributed by atoms with Crippen molar-refractivity contribution in [1.29, 1.82) is 0 Å². The zero-order chi connectivity index (χ0) is 20.7. The van der Waals surface area contributed by atoms with Crippen LogP contribution in [0.25, 0.3) is 22.5 Å². The number of benzene rings is 1.